The van der Waals surface area contributed by atoms with Gasteiger partial charge < -0.3 is 9.98 Å². The molecule has 0 bridgehead atoms. The van der Waals surface area contributed by atoms with Crippen LogP contribution < -0.4 is 0 Å². The molecule has 0 saturated heterocycles. The summed E-state index contributed by atoms with van der Waals surface area (Å²) in [6, 6.07) is 58.4. The Bertz CT molecular complexity index is 3720. The molecule has 2 heterocycles. The molecule has 0 aliphatic carbocycles. The lowest BCUT2D eigenvalue weighted by Crippen LogP contribution is -2.06. The van der Waals surface area contributed by atoms with Crippen LogP contribution in [0.1, 0.15) is 16.7 Å². The molecule has 3 nitrogen and oxygen atoms in total. The summed E-state index contributed by atoms with van der Waals surface area (Å²) in [5.41, 5.74) is 8.70. The van der Waals surface area contributed by atoms with E-state index in [0.29, 0.717) is 16.8 Å². The van der Waals surface area contributed by atoms with Gasteiger partial charge in [0.15, 0.2) is 0 Å². The zero-order valence-electron chi connectivity index (χ0n) is 33.8. The van der Waals surface area contributed by atoms with Crippen LogP contribution in [-0.2, 0) is 6.18 Å². The second-order valence-corrected chi connectivity index (χ2v) is 16.0. The summed E-state index contributed by atoms with van der Waals surface area (Å²) >= 11 is 0. The van der Waals surface area contributed by atoms with E-state index in [1.54, 1.807) is 18.5 Å². The van der Waals surface area contributed by atoms with E-state index in [1.807, 2.05) is 34.9 Å². The number of halogens is 3. The van der Waals surface area contributed by atoms with E-state index in [4.69, 9.17) is 5.41 Å². The Morgan fingerprint density at radius 1 is 0.524 bits per heavy atom. The Morgan fingerprint density at radius 3 is 1.79 bits per heavy atom. The number of benzene rings is 9. The molecular weight excluding hydrogens is 784 g/mol. The summed E-state index contributed by atoms with van der Waals surface area (Å²) in [5, 5.41) is 19.5. The van der Waals surface area contributed by atoms with Crippen LogP contribution in [0.4, 0.5) is 13.2 Å². The van der Waals surface area contributed by atoms with Crippen molar-refractivity contribution in [3.8, 4) is 27.9 Å². The molecule has 0 unspecified atom stereocenters. The smallest absolute Gasteiger partial charge is 0.308 e. The quantitative estimate of drug-likeness (QED) is 0.0971. The first-order valence-corrected chi connectivity index (χ1v) is 20.7. The fraction of sp³-hybridized carbons (Fsp3) is 0.0175. The molecule has 0 radical (unpaired) electrons. The van der Waals surface area contributed by atoms with Crippen molar-refractivity contribution >= 4 is 82.3 Å². The van der Waals surface area contributed by atoms with Crippen molar-refractivity contribution in [2.75, 3.05) is 0 Å². The maximum atomic E-state index is 13.8. The summed E-state index contributed by atoms with van der Waals surface area (Å²) in [6.45, 7) is 4.57. The molecule has 11 aromatic rings. The number of hydrogen-bond acceptors (Lipinski definition) is 2. The van der Waals surface area contributed by atoms with Crippen LogP contribution in [0.25, 0.3) is 104 Å². The van der Waals surface area contributed by atoms with Crippen LogP contribution >= 0.6 is 0 Å². The monoisotopic (exact) mass is 819 g/mol. The van der Waals surface area contributed by atoms with Crippen LogP contribution in [0, 0.1) is 5.41 Å². The van der Waals surface area contributed by atoms with E-state index in [2.05, 4.69) is 139 Å². The summed E-state index contributed by atoms with van der Waals surface area (Å²) in [6.07, 6.45) is 2.13. The Morgan fingerprint density at radius 2 is 1.13 bits per heavy atom. The molecule has 0 amide bonds. The van der Waals surface area contributed by atoms with Crippen molar-refractivity contribution in [3.05, 3.63) is 218 Å². The van der Waals surface area contributed by atoms with Crippen LogP contribution in [-0.4, -0.2) is 15.8 Å². The van der Waals surface area contributed by atoms with Crippen molar-refractivity contribution in [2.24, 2.45) is 0 Å². The predicted molar refractivity (Wildman–Crippen MR) is 257 cm³/mol. The van der Waals surface area contributed by atoms with Gasteiger partial charge in [-0.25, -0.2) is 0 Å². The van der Waals surface area contributed by atoms with Crippen molar-refractivity contribution in [2.45, 2.75) is 6.18 Å². The average Bonchev–Trinajstić information content (AvgIpc) is 3.65. The summed E-state index contributed by atoms with van der Waals surface area (Å²) in [5.74, 6) is 0. The van der Waals surface area contributed by atoms with Crippen LogP contribution in [0.3, 0.4) is 0 Å². The summed E-state index contributed by atoms with van der Waals surface area (Å²) in [4.78, 5) is 4.32. The van der Waals surface area contributed by atoms with Crippen molar-refractivity contribution in [3.63, 3.8) is 0 Å². The fourth-order valence-electron chi connectivity index (χ4n) is 9.32. The number of fused-ring (bicyclic) bond motifs is 7. The lowest BCUT2D eigenvalue weighted by Gasteiger charge is -2.19. The number of hydrogen-bond donors (Lipinski definition) is 1. The van der Waals surface area contributed by atoms with Gasteiger partial charge in [-0.2, -0.15) is 13.2 Å². The van der Waals surface area contributed by atoms with Gasteiger partial charge in [-0.05, 0) is 148 Å². The number of nitrogens with one attached hydrogen (secondary N) is 1. The van der Waals surface area contributed by atoms with Crippen LogP contribution in [0.15, 0.2) is 201 Å². The number of nitrogens with zero attached hydrogens (tertiary/aromatic N) is 2. The first-order chi connectivity index (χ1) is 30.7. The third-order valence-electron chi connectivity index (χ3n) is 12.3. The first-order valence-electron chi connectivity index (χ1n) is 20.7. The highest BCUT2D eigenvalue weighted by molar-refractivity contribution is 6.23. The van der Waals surface area contributed by atoms with E-state index in [9.17, 15) is 13.2 Å². The van der Waals surface area contributed by atoms with Crippen LogP contribution in [0.5, 0.6) is 0 Å². The Labute approximate surface area is 360 Å². The highest BCUT2D eigenvalue weighted by atomic mass is 19.4. The standard InChI is InChI=1S/C57H36F3N3/c1-35(27-44(33-61)41-22-24-53-51(31-41)47-25-26-62-34-54(47)63(53)46-14-8-13-45(32-46)57(58,59)60)38-21-23-50-52(30-38)56(43-20-18-37-10-3-5-12-40(37)29-43)49-16-7-6-15-48(49)55(50)42-19-17-36-9-2-4-11-39(36)28-42/h2-34,61H,1H2/b44-27+,61-33?. The van der Waals surface area contributed by atoms with Gasteiger partial charge in [0.25, 0.3) is 0 Å². The average molecular weight is 820 g/mol. The fourth-order valence-corrected chi connectivity index (χ4v) is 9.32. The van der Waals surface area contributed by atoms with Gasteiger partial charge in [0.1, 0.15) is 0 Å². The number of pyridine rings is 1. The van der Waals surface area contributed by atoms with E-state index in [1.165, 1.54) is 33.8 Å². The van der Waals surface area contributed by atoms with Gasteiger partial charge in [0, 0.05) is 28.9 Å². The highest BCUT2D eigenvalue weighted by Gasteiger charge is 2.31. The molecule has 9 aromatic carbocycles. The Kier molecular flexibility index (Phi) is 8.91. The SMILES string of the molecule is C=C(/C=C(\C=N)c1ccc2c(c1)c1ccncc1n2-c1cccc(C(F)(F)F)c1)c1ccc2c(-c3ccc4ccccc4c3)c3ccccc3c(-c3ccc4ccccc4c3)c2c1. The molecule has 11 rings (SSSR count). The Hall–Kier alpha value is -8.09. The third kappa shape index (κ3) is 6.46. The largest absolute Gasteiger partial charge is 0.416 e. The first kappa shape index (κ1) is 37.9. The Balaban J connectivity index is 1.08. The molecule has 300 valence electrons. The molecule has 0 atom stereocenters. The number of allylic oxidation sites excluding steroid dienone is 3. The number of aromatic nitrogens is 2. The highest BCUT2D eigenvalue weighted by Crippen LogP contribution is 2.46. The minimum absolute atomic E-state index is 0.387. The maximum absolute atomic E-state index is 13.8. The van der Waals surface area contributed by atoms with E-state index < -0.39 is 11.7 Å². The van der Waals surface area contributed by atoms with E-state index in [-0.39, 0.29) is 0 Å². The van der Waals surface area contributed by atoms with Gasteiger partial charge in [-0.3, -0.25) is 4.98 Å². The van der Waals surface area contributed by atoms with Crippen LogP contribution in [0.2, 0.25) is 0 Å². The van der Waals surface area contributed by atoms with Gasteiger partial charge in [-0.15, -0.1) is 0 Å². The normalized spacial score (nSPS) is 12.3. The lowest BCUT2D eigenvalue weighted by molar-refractivity contribution is -0.137. The van der Waals surface area contributed by atoms with Gasteiger partial charge in [-0.1, -0.05) is 128 Å². The van der Waals surface area contributed by atoms with E-state index in [0.717, 1.165) is 88.9 Å². The molecule has 0 fully saturated rings. The molecule has 0 aliphatic heterocycles. The third-order valence-corrected chi connectivity index (χ3v) is 12.3. The second kappa shape index (κ2) is 14.8. The molecule has 0 aliphatic rings. The molecule has 2 aromatic heterocycles. The second-order valence-electron chi connectivity index (χ2n) is 16.0. The number of rotatable bonds is 7. The summed E-state index contributed by atoms with van der Waals surface area (Å²) < 4.78 is 43.2. The molecular formula is C57H36F3N3. The van der Waals surface area contributed by atoms with Gasteiger partial charge in [0.05, 0.1) is 22.8 Å². The molecule has 0 saturated carbocycles. The topological polar surface area (TPSA) is 41.7 Å². The minimum Gasteiger partial charge on any atom is -0.308 e. The molecule has 1 N–H and O–H groups in total. The lowest BCUT2D eigenvalue weighted by atomic mass is 9.84. The zero-order valence-corrected chi connectivity index (χ0v) is 33.8. The van der Waals surface area contributed by atoms with Crippen molar-refractivity contribution in [1.82, 2.24) is 9.55 Å². The number of alkyl halides is 3. The molecule has 6 heteroatoms. The summed E-state index contributed by atoms with van der Waals surface area (Å²) in [7, 11) is 0. The molecule has 63 heavy (non-hydrogen) atoms. The maximum Gasteiger partial charge on any atom is 0.416 e. The zero-order chi connectivity index (χ0) is 42.8. The van der Waals surface area contributed by atoms with Crippen molar-refractivity contribution < 1.29 is 13.2 Å². The van der Waals surface area contributed by atoms with Gasteiger partial charge >= 0.3 is 6.18 Å². The van der Waals surface area contributed by atoms with Gasteiger partial charge in [0.2, 0.25) is 0 Å². The van der Waals surface area contributed by atoms with Crippen molar-refractivity contribution in [1.29, 1.82) is 5.41 Å². The minimum atomic E-state index is -4.48. The van der Waals surface area contributed by atoms with E-state index >= 15 is 0 Å². The predicted octanol–water partition coefficient (Wildman–Crippen LogP) is 15.9. The molecule has 0 spiro atoms.